The second kappa shape index (κ2) is 11.5. The van der Waals surface area contributed by atoms with E-state index in [0.29, 0.717) is 6.54 Å². The molecule has 0 heterocycles. The molecule has 0 aromatic heterocycles. The summed E-state index contributed by atoms with van der Waals surface area (Å²) >= 11 is 0. The van der Waals surface area contributed by atoms with Gasteiger partial charge in [0, 0.05) is 6.54 Å². The van der Waals surface area contributed by atoms with E-state index in [2.05, 4.69) is 18.7 Å². The first kappa shape index (κ1) is 17.4. The minimum absolute atomic E-state index is 0.252. The molecular formula is C15H31NO2. The average Bonchev–Trinajstić information content (AvgIpc) is 2.34. The van der Waals surface area contributed by atoms with E-state index in [9.17, 15) is 4.79 Å². The van der Waals surface area contributed by atoms with Crippen molar-refractivity contribution < 1.29 is 9.90 Å². The second-order valence-corrected chi connectivity index (χ2v) is 5.31. The molecule has 0 amide bonds. The number of carbonyl (C=O) groups is 1. The zero-order valence-corrected chi connectivity index (χ0v) is 12.5. The predicted octanol–water partition coefficient (Wildman–Crippen LogP) is 3.78. The SMILES string of the molecule is CCCCCCCN(CCCC)CC(C)C(=O)O. The number of unbranched alkanes of at least 4 members (excludes halogenated alkanes) is 5. The van der Waals surface area contributed by atoms with Crippen molar-refractivity contribution in [2.24, 2.45) is 5.92 Å². The van der Waals surface area contributed by atoms with Crippen LogP contribution in [-0.2, 0) is 4.79 Å². The third-order valence-corrected chi connectivity index (χ3v) is 3.36. The summed E-state index contributed by atoms with van der Waals surface area (Å²) < 4.78 is 0. The first-order valence-corrected chi connectivity index (χ1v) is 7.56. The Hall–Kier alpha value is -0.570. The van der Waals surface area contributed by atoms with E-state index in [1.807, 2.05) is 0 Å². The number of nitrogens with zero attached hydrogens (tertiary/aromatic N) is 1. The quantitative estimate of drug-likeness (QED) is 0.541. The standard InChI is InChI=1S/C15H31NO2/c1-4-6-8-9-10-12-16(11-7-5-2)13-14(3)15(17)18/h14H,4-13H2,1-3H3,(H,17,18). The van der Waals surface area contributed by atoms with Crippen molar-refractivity contribution in [3.8, 4) is 0 Å². The van der Waals surface area contributed by atoms with E-state index in [1.165, 1.54) is 44.9 Å². The maximum absolute atomic E-state index is 10.9. The van der Waals surface area contributed by atoms with Crippen LogP contribution >= 0.6 is 0 Å². The fourth-order valence-corrected chi connectivity index (χ4v) is 2.08. The van der Waals surface area contributed by atoms with Crippen LogP contribution in [0.15, 0.2) is 0 Å². The van der Waals surface area contributed by atoms with Crippen LogP contribution < -0.4 is 0 Å². The lowest BCUT2D eigenvalue weighted by atomic mass is 10.1. The first-order chi connectivity index (χ1) is 8.61. The molecule has 0 aliphatic rings. The van der Waals surface area contributed by atoms with Crippen molar-refractivity contribution in [3.63, 3.8) is 0 Å². The number of rotatable bonds is 12. The topological polar surface area (TPSA) is 40.5 Å². The summed E-state index contributed by atoms with van der Waals surface area (Å²) in [4.78, 5) is 13.2. The van der Waals surface area contributed by atoms with Crippen LogP contribution in [0.5, 0.6) is 0 Å². The van der Waals surface area contributed by atoms with Gasteiger partial charge in [-0.2, -0.15) is 0 Å². The van der Waals surface area contributed by atoms with Gasteiger partial charge in [-0.15, -0.1) is 0 Å². The average molecular weight is 257 g/mol. The minimum atomic E-state index is -0.678. The summed E-state index contributed by atoms with van der Waals surface area (Å²) in [5.41, 5.74) is 0. The summed E-state index contributed by atoms with van der Waals surface area (Å²) in [5.74, 6) is -0.931. The highest BCUT2D eigenvalue weighted by Crippen LogP contribution is 2.07. The van der Waals surface area contributed by atoms with Gasteiger partial charge in [0.2, 0.25) is 0 Å². The molecular weight excluding hydrogens is 226 g/mol. The molecule has 0 spiro atoms. The lowest BCUT2D eigenvalue weighted by Crippen LogP contribution is -2.33. The van der Waals surface area contributed by atoms with E-state index in [4.69, 9.17) is 5.11 Å². The normalized spacial score (nSPS) is 12.9. The van der Waals surface area contributed by atoms with Crippen LogP contribution in [0, 0.1) is 5.92 Å². The van der Waals surface area contributed by atoms with E-state index in [1.54, 1.807) is 6.92 Å². The number of carboxylic acids is 1. The van der Waals surface area contributed by atoms with Gasteiger partial charge in [-0.3, -0.25) is 4.79 Å². The molecule has 108 valence electrons. The Morgan fingerprint density at radius 3 is 2.11 bits per heavy atom. The number of carboxylic acid groups (broad SMARTS) is 1. The fraction of sp³-hybridized carbons (Fsp3) is 0.933. The molecule has 1 unspecified atom stereocenters. The van der Waals surface area contributed by atoms with Crippen LogP contribution in [0.1, 0.15) is 65.7 Å². The Morgan fingerprint density at radius 2 is 1.56 bits per heavy atom. The molecule has 3 heteroatoms. The summed E-state index contributed by atoms with van der Waals surface area (Å²) in [5, 5.41) is 8.97. The maximum atomic E-state index is 10.9. The highest BCUT2D eigenvalue weighted by molar-refractivity contribution is 5.69. The largest absolute Gasteiger partial charge is 0.481 e. The van der Waals surface area contributed by atoms with Gasteiger partial charge < -0.3 is 10.0 Å². The molecule has 0 aliphatic carbocycles. The molecule has 0 fully saturated rings. The Balaban J connectivity index is 3.87. The third kappa shape index (κ3) is 9.46. The van der Waals surface area contributed by atoms with Gasteiger partial charge in [-0.25, -0.2) is 0 Å². The molecule has 0 aromatic rings. The Morgan fingerprint density at radius 1 is 1.00 bits per heavy atom. The molecule has 0 radical (unpaired) electrons. The summed E-state index contributed by atoms with van der Waals surface area (Å²) in [6.07, 6.45) is 8.73. The van der Waals surface area contributed by atoms with Gasteiger partial charge in [0.25, 0.3) is 0 Å². The van der Waals surface area contributed by atoms with Crippen molar-refractivity contribution >= 4 is 5.97 Å². The molecule has 0 saturated heterocycles. The van der Waals surface area contributed by atoms with Crippen molar-refractivity contribution in [2.75, 3.05) is 19.6 Å². The van der Waals surface area contributed by atoms with Crippen LogP contribution in [0.2, 0.25) is 0 Å². The van der Waals surface area contributed by atoms with Gasteiger partial charge in [-0.05, 0) is 25.9 Å². The molecule has 0 bridgehead atoms. The maximum Gasteiger partial charge on any atom is 0.307 e. The Bertz CT molecular complexity index is 207. The van der Waals surface area contributed by atoms with E-state index in [-0.39, 0.29) is 5.92 Å². The predicted molar refractivity (Wildman–Crippen MR) is 76.9 cm³/mol. The summed E-state index contributed by atoms with van der Waals surface area (Å²) in [6, 6.07) is 0. The molecule has 0 aliphatic heterocycles. The lowest BCUT2D eigenvalue weighted by molar-refractivity contribution is -0.141. The Kier molecular flexibility index (Phi) is 11.2. The first-order valence-electron chi connectivity index (χ1n) is 7.56. The molecule has 0 saturated carbocycles. The van der Waals surface area contributed by atoms with Crippen molar-refractivity contribution in [3.05, 3.63) is 0 Å². The van der Waals surface area contributed by atoms with Crippen LogP contribution in [0.25, 0.3) is 0 Å². The molecule has 3 nitrogen and oxygen atoms in total. The summed E-state index contributed by atoms with van der Waals surface area (Å²) in [7, 11) is 0. The molecule has 0 aromatic carbocycles. The van der Waals surface area contributed by atoms with Gasteiger partial charge in [0.05, 0.1) is 5.92 Å². The van der Waals surface area contributed by atoms with Crippen LogP contribution in [0.3, 0.4) is 0 Å². The number of aliphatic carboxylic acids is 1. The lowest BCUT2D eigenvalue weighted by Gasteiger charge is -2.24. The molecule has 0 rings (SSSR count). The van der Waals surface area contributed by atoms with Gasteiger partial charge >= 0.3 is 5.97 Å². The van der Waals surface area contributed by atoms with Crippen molar-refractivity contribution in [2.45, 2.75) is 65.7 Å². The highest BCUT2D eigenvalue weighted by Gasteiger charge is 2.15. The molecule has 18 heavy (non-hydrogen) atoms. The van der Waals surface area contributed by atoms with Gasteiger partial charge in [0.15, 0.2) is 0 Å². The molecule has 1 N–H and O–H groups in total. The van der Waals surface area contributed by atoms with E-state index >= 15 is 0 Å². The van der Waals surface area contributed by atoms with Gasteiger partial charge in [-0.1, -0.05) is 52.9 Å². The smallest absolute Gasteiger partial charge is 0.307 e. The monoisotopic (exact) mass is 257 g/mol. The zero-order chi connectivity index (χ0) is 13.8. The van der Waals surface area contributed by atoms with Crippen molar-refractivity contribution in [1.82, 2.24) is 4.90 Å². The molecule has 1 atom stereocenters. The fourth-order valence-electron chi connectivity index (χ4n) is 2.08. The Labute approximate surface area is 113 Å². The number of hydrogen-bond donors (Lipinski definition) is 1. The number of hydrogen-bond acceptors (Lipinski definition) is 2. The second-order valence-electron chi connectivity index (χ2n) is 5.31. The van der Waals surface area contributed by atoms with Crippen LogP contribution in [0.4, 0.5) is 0 Å². The third-order valence-electron chi connectivity index (χ3n) is 3.36. The highest BCUT2D eigenvalue weighted by atomic mass is 16.4. The van der Waals surface area contributed by atoms with Gasteiger partial charge in [0.1, 0.15) is 0 Å². The van der Waals surface area contributed by atoms with E-state index < -0.39 is 5.97 Å². The van der Waals surface area contributed by atoms with Crippen LogP contribution in [-0.4, -0.2) is 35.6 Å². The zero-order valence-electron chi connectivity index (χ0n) is 12.5. The summed E-state index contributed by atoms with van der Waals surface area (Å²) in [6.45, 7) is 9.01. The van der Waals surface area contributed by atoms with Crippen molar-refractivity contribution in [1.29, 1.82) is 0 Å². The minimum Gasteiger partial charge on any atom is -0.481 e. The van der Waals surface area contributed by atoms with E-state index in [0.717, 1.165) is 13.1 Å².